The number of hydrogen-bond donors (Lipinski definition) is 2. The predicted molar refractivity (Wildman–Crippen MR) is 104 cm³/mol. The lowest BCUT2D eigenvalue weighted by molar-refractivity contribution is 0.445. The number of benzene rings is 1. The molecule has 0 saturated heterocycles. The maximum Gasteiger partial charge on any atom is 0.243 e. The predicted octanol–water partition coefficient (Wildman–Crippen LogP) is 2.82. The molecule has 1 aromatic carbocycles. The van der Waals surface area contributed by atoms with Gasteiger partial charge in [-0.1, -0.05) is 38.1 Å². The van der Waals surface area contributed by atoms with Crippen molar-refractivity contribution in [1.29, 1.82) is 0 Å². The Bertz CT molecular complexity index is 666. The Morgan fingerprint density at radius 2 is 1.79 bits per heavy atom. The van der Waals surface area contributed by atoms with Gasteiger partial charge in [0.2, 0.25) is 10.0 Å². The van der Waals surface area contributed by atoms with E-state index in [0.717, 1.165) is 11.1 Å². The van der Waals surface area contributed by atoms with Crippen LogP contribution in [0.15, 0.2) is 41.3 Å². The Hall–Kier alpha value is -1.44. The summed E-state index contributed by atoms with van der Waals surface area (Å²) in [6.45, 7) is 12.9. The van der Waals surface area contributed by atoms with Gasteiger partial charge < -0.3 is 10.6 Å². The molecule has 1 aromatic rings. The van der Waals surface area contributed by atoms with Crippen LogP contribution in [-0.2, 0) is 10.0 Å². The first-order valence-electron chi connectivity index (χ1n) is 8.01. The third-order valence-corrected chi connectivity index (χ3v) is 5.95. The van der Waals surface area contributed by atoms with Crippen LogP contribution >= 0.6 is 12.2 Å². The van der Waals surface area contributed by atoms with E-state index in [-0.39, 0.29) is 6.04 Å². The molecule has 134 valence electrons. The van der Waals surface area contributed by atoms with E-state index >= 15 is 0 Å². The summed E-state index contributed by atoms with van der Waals surface area (Å²) in [5.41, 5.74) is 1.96. The molecule has 0 radical (unpaired) electrons. The third-order valence-electron chi connectivity index (χ3n) is 3.62. The van der Waals surface area contributed by atoms with Crippen LogP contribution in [0, 0.1) is 0 Å². The fraction of sp³-hybridized carbons (Fsp3) is 0.471. The highest BCUT2D eigenvalue weighted by Gasteiger charge is 2.21. The van der Waals surface area contributed by atoms with Crippen molar-refractivity contribution in [2.24, 2.45) is 0 Å². The van der Waals surface area contributed by atoms with Crippen LogP contribution in [-0.4, -0.2) is 37.5 Å². The molecule has 0 aliphatic heterocycles. The second kappa shape index (κ2) is 9.15. The van der Waals surface area contributed by atoms with Crippen molar-refractivity contribution in [3.05, 3.63) is 42.0 Å². The van der Waals surface area contributed by atoms with E-state index in [1.165, 1.54) is 4.31 Å². The zero-order valence-electron chi connectivity index (χ0n) is 14.8. The highest BCUT2D eigenvalue weighted by molar-refractivity contribution is 7.89. The van der Waals surface area contributed by atoms with Crippen molar-refractivity contribution in [2.45, 2.75) is 38.6 Å². The van der Waals surface area contributed by atoms with E-state index < -0.39 is 10.0 Å². The van der Waals surface area contributed by atoms with Crippen molar-refractivity contribution in [2.75, 3.05) is 19.6 Å². The fourth-order valence-corrected chi connectivity index (χ4v) is 3.91. The molecule has 2 N–H and O–H groups in total. The lowest BCUT2D eigenvalue weighted by Gasteiger charge is -2.20. The number of sulfonamides is 1. The van der Waals surface area contributed by atoms with Crippen LogP contribution < -0.4 is 10.6 Å². The van der Waals surface area contributed by atoms with Gasteiger partial charge in [-0.05, 0) is 43.8 Å². The molecule has 0 saturated carbocycles. The first kappa shape index (κ1) is 20.6. The van der Waals surface area contributed by atoms with Gasteiger partial charge in [-0.15, -0.1) is 0 Å². The molecular weight excluding hydrogens is 342 g/mol. The van der Waals surface area contributed by atoms with Crippen LogP contribution in [0.4, 0.5) is 0 Å². The van der Waals surface area contributed by atoms with E-state index in [1.807, 2.05) is 39.8 Å². The van der Waals surface area contributed by atoms with Gasteiger partial charge >= 0.3 is 0 Å². The highest BCUT2D eigenvalue weighted by atomic mass is 32.2. The molecule has 0 aliphatic carbocycles. The van der Waals surface area contributed by atoms with Crippen LogP contribution in [0.3, 0.4) is 0 Å². The Morgan fingerprint density at radius 1 is 1.25 bits per heavy atom. The second-order valence-corrected chi connectivity index (χ2v) is 8.01. The largest absolute Gasteiger partial charge is 0.359 e. The van der Waals surface area contributed by atoms with Gasteiger partial charge in [-0.3, -0.25) is 0 Å². The topological polar surface area (TPSA) is 61.4 Å². The maximum atomic E-state index is 12.5. The zero-order chi connectivity index (χ0) is 18.3. The monoisotopic (exact) mass is 369 g/mol. The van der Waals surface area contributed by atoms with Crippen molar-refractivity contribution in [1.82, 2.24) is 14.9 Å². The van der Waals surface area contributed by atoms with Gasteiger partial charge in [-0.25, -0.2) is 8.42 Å². The van der Waals surface area contributed by atoms with Gasteiger partial charge in [-0.2, -0.15) is 4.31 Å². The first-order chi connectivity index (χ1) is 11.2. The third kappa shape index (κ3) is 5.58. The summed E-state index contributed by atoms with van der Waals surface area (Å²) in [6.07, 6.45) is 0. The second-order valence-electron chi connectivity index (χ2n) is 5.66. The summed E-state index contributed by atoms with van der Waals surface area (Å²) in [5, 5.41) is 6.79. The van der Waals surface area contributed by atoms with Crippen molar-refractivity contribution in [3.8, 4) is 0 Å². The minimum atomic E-state index is -3.42. The molecule has 0 fully saturated rings. The van der Waals surface area contributed by atoms with Crippen LogP contribution in [0.1, 0.15) is 39.3 Å². The van der Waals surface area contributed by atoms with Gasteiger partial charge in [0.25, 0.3) is 0 Å². The van der Waals surface area contributed by atoms with Gasteiger partial charge in [0.1, 0.15) is 0 Å². The van der Waals surface area contributed by atoms with Crippen LogP contribution in [0.25, 0.3) is 0 Å². The molecule has 0 aliphatic rings. The van der Waals surface area contributed by atoms with Crippen LogP contribution in [0.5, 0.6) is 0 Å². The summed E-state index contributed by atoms with van der Waals surface area (Å²) >= 11 is 5.23. The highest BCUT2D eigenvalue weighted by Crippen LogP contribution is 2.19. The molecular formula is C17H27N3O2S2. The van der Waals surface area contributed by atoms with Crippen molar-refractivity contribution >= 4 is 27.4 Å². The van der Waals surface area contributed by atoms with Crippen molar-refractivity contribution in [3.63, 3.8) is 0 Å². The first-order valence-corrected chi connectivity index (χ1v) is 9.86. The fourth-order valence-electron chi connectivity index (χ4n) is 2.20. The van der Waals surface area contributed by atoms with Gasteiger partial charge in [0, 0.05) is 19.6 Å². The average Bonchev–Trinajstić information content (AvgIpc) is 2.54. The quantitative estimate of drug-likeness (QED) is 0.545. The standard InChI is InChI=1S/C17H27N3O2S2/c1-6-20(7-2)24(21,22)16-10-8-15(9-11-16)14(5)19-17(23)18-12-13(3)4/h8-11,14H,3,6-7,12H2,1-2,4-5H3,(H2,18,19,23)/t14-/m1/s1. The van der Waals surface area contributed by atoms with E-state index in [9.17, 15) is 8.42 Å². The molecule has 1 atom stereocenters. The minimum absolute atomic E-state index is 0.0275. The van der Waals surface area contributed by atoms with Crippen LogP contribution in [0.2, 0.25) is 0 Å². The number of nitrogens with one attached hydrogen (secondary N) is 2. The summed E-state index contributed by atoms with van der Waals surface area (Å²) in [5.74, 6) is 0. The van der Waals surface area contributed by atoms with Gasteiger partial charge in [0.15, 0.2) is 5.11 Å². The molecule has 0 aromatic heterocycles. The lowest BCUT2D eigenvalue weighted by atomic mass is 10.1. The average molecular weight is 370 g/mol. The summed E-state index contributed by atoms with van der Waals surface area (Å²) in [7, 11) is -3.42. The van der Waals surface area contributed by atoms with E-state index in [1.54, 1.807) is 12.1 Å². The summed E-state index contributed by atoms with van der Waals surface area (Å²) in [6, 6.07) is 6.89. The number of thiocarbonyl (C=S) groups is 1. The van der Waals surface area contributed by atoms with E-state index in [2.05, 4.69) is 17.2 Å². The minimum Gasteiger partial charge on any atom is -0.359 e. The molecule has 0 heterocycles. The SMILES string of the molecule is C=C(C)CNC(=S)N[C@H](C)c1ccc(S(=O)(=O)N(CC)CC)cc1. The van der Waals surface area contributed by atoms with Gasteiger partial charge in [0.05, 0.1) is 10.9 Å². The lowest BCUT2D eigenvalue weighted by Crippen LogP contribution is -2.37. The Kier molecular flexibility index (Phi) is 7.86. The molecule has 5 nitrogen and oxygen atoms in total. The number of nitrogens with zero attached hydrogens (tertiary/aromatic N) is 1. The molecule has 7 heteroatoms. The molecule has 0 amide bonds. The van der Waals surface area contributed by atoms with E-state index in [0.29, 0.717) is 29.6 Å². The smallest absolute Gasteiger partial charge is 0.243 e. The molecule has 0 bridgehead atoms. The number of rotatable bonds is 8. The zero-order valence-corrected chi connectivity index (χ0v) is 16.4. The van der Waals surface area contributed by atoms with Crippen molar-refractivity contribution < 1.29 is 8.42 Å². The Morgan fingerprint density at radius 3 is 2.25 bits per heavy atom. The number of hydrogen-bond acceptors (Lipinski definition) is 3. The summed E-state index contributed by atoms with van der Waals surface area (Å²) < 4.78 is 26.4. The Labute approximate surface area is 151 Å². The summed E-state index contributed by atoms with van der Waals surface area (Å²) in [4.78, 5) is 0.310. The molecule has 1 rings (SSSR count). The molecule has 24 heavy (non-hydrogen) atoms. The Balaban J connectivity index is 2.80. The maximum absolute atomic E-state index is 12.5. The molecule has 0 spiro atoms. The van der Waals surface area contributed by atoms with E-state index in [4.69, 9.17) is 12.2 Å². The normalized spacial score (nSPS) is 12.7. The molecule has 0 unspecified atom stereocenters.